The molecule has 0 unspecified atom stereocenters. The molecule has 0 fully saturated rings. The molecule has 0 saturated heterocycles. The molecule has 2 N–H and O–H groups in total. The van der Waals surface area contributed by atoms with Gasteiger partial charge in [-0.25, -0.2) is 4.98 Å². The molecule has 15 heavy (non-hydrogen) atoms. The van der Waals surface area contributed by atoms with Crippen LogP contribution in [-0.4, -0.2) is 18.1 Å². The molecular formula is C12H21N3. The van der Waals surface area contributed by atoms with Crippen LogP contribution < -0.4 is 10.6 Å². The molecule has 0 aliphatic heterocycles. The molecule has 84 valence electrons. The second-order valence-corrected chi connectivity index (χ2v) is 3.71. The number of aromatic nitrogens is 1. The molecule has 0 amide bonds. The Bertz CT molecular complexity index is 271. The topological polar surface area (TPSA) is 37.0 Å². The fourth-order valence-corrected chi connectivity index (χ4v) is 1.46. The van der Waals surface area contributed by atoms with E-state index in [2.05, 4.69) is 41.6 Å². The highest BCUT2D eigenvalue weighted by atomic mass is 15.0. The van der Waals surface area contributed by atoms with Gasteiger partial charge >= 0.3 is 0 Å². The van der Waals surface area contributed by atoms with Crippen molar-refractivity contribution in [3.05, 3.63) is 23.4 Å². The van der Waals surface area contributed by atoms with E-state index in [0.29, 0.717) is 0 Å². The zero-order valence-electron chi connectivity index (χ0n) is 9.93. The van der Waals surface area contributed by atoms with Gasteiger partial charge in [0.05, 0.1) is 0 Å². The normalized spacial score (nSPS) is 10.3. The number of anilines is 1. The first-order chi connectivity index (χ1) is 7.26. The van der Waals surface area contributed by atoms with Crippen molar-refractivity contribution in [2.45, 2.75) is 33.7 Å². The van der Waals surface area contributed by atoms with Crippen LogP contribution in [0.25, 0.3) is 0 Å². The molecule has 1 rings (SSSR count). The van der Waals surface area contributed by atoms with Crippen molar-refractivity contribution < 1.29 is 0 Å². The summed E-state index contributed by atoms with van der Waals surface area (Å²) >= 11 is 0. The Labute approximate surface area is 92.3 Å². The van der Waals surface area contributed by atoms with Crippen LogP contribution >= 0.6 is 0 Å². The Hall–Kier alpha value is -1.09. The standard InChI is InChI=1S/C12H21N3/c1-4-6-14-12-8-11(9-13-5-2)7-10(3)15-12/h7-8,13H,4-6,9H2,1-3H3,(H,14,15). The Morgan fingerprint density at radius 3 is 2.73 bits per heavy atom. The van der Waals surface area contributed by atoms with Crippen molar-refractivity contribution in [3.63, 3.8) is 0 Å². The van der Waals surface area contributed by atoms with E-state index in [1.54, 1.807) is 0 Å². The SMILES string of the molecule is CCCNc1cc(CNCC)cc(C)n1. The van der Waals surface area contributed by atoms with E-state index in [9.17, 15) is 0 Å². The summed E-state index contributed by atoms with van der Waals surface area (Å²) < 4.78 is 0. The summed E-state index contributed by atoms with van der Waals surface area (Å²) in [5, 5.41) is 6.63. The number of pyridine rings is 1. The molecule has 0 saturated carbocycles. The lowest BCUT2D eigenvalue weighted by atomic mass is 10.2. The van der Waals surface area contributed by atoms with E-state index < -0.39 is 0 Å². The summed E-state index contributed by atoms with van der Waals surface area (Å²) in [5.74, 6) is 0.991. The van der Waals surface area contributed by atoms with Crippen LogP contribution in [0.5, 0.6) is 0 Å². The first kappa shape index (κ1) is 12.0. The van der Waals surface area contributed by atoms with Gasteiger partial charge in [-0.2, -0.15) is 0 Å². The lowest BCUT2D eigenvalue weighted by Crippen LogP contribution is -2.12. The number of aryl methyl sites for hydroxylation is 1. The number of nitrogens with one attached hydrogen (secondary N) is 2. The predicted molar refractivity (Wildman–Crippen MR) is 65.1 cm³/mol. The van der Waals surface area contributed by atoms with Crippen molar-refractivity contribution in [1.82, 2.24) is 10.3 Å². The van der Waals surface area contributed by atoms with Gasteiger partial charge in [-0.1, -0.05) is 13.8 Å². The number of rotatable bonds is 6. The van der Waals surface area contributed by atoms with Crippen LogP contribution in [0.15, 0.2) is 12.1 Å². The molecule has 0 aromatic carbocycles. The third kappa shape index (κ3) is 4.30. The maximum atomic E-state index is 4.44. The van der Waals surface area contributed by atoms with E-state index in [-0.39, 0.29) is 0 Å². The molecule has 3 nitrogen and oxygen atoms in total. The minimum absolute atomic E-state index is 0.917. The van der Waals surface area contributed by atoms with Crippen LogP contribution in [0, 0.1) is 6.92 Å². The van der Waals surface area contributed by atoms with E-state index >= 15 is 0 Å². The van der Waals surface area contributed by atoms with E-state index in [4.69, 9.17) is 0 Å². The van der Waals surface area contributed by atoms with Crippen LogP contribution in [0.4, 0.5) is 5.82 Å². The van der Waals surface area contributed by atoms with E-state index in [1.165, 1.54) is 5.56 Å². The highest BCUT2D eigenvalue weighted by Crippen LogP contribution is 2.09. The molecule has 0 aliphatic carbocycles. The number of hydrogen-bond donors (Lipinski definition) is 2. The first-order valence-electron chi connectivity index (χ1n) is 5.68. The van der Waals surface area contributed by atoms with Crippen molar-refractivity contribution in [2.24, 2.45) is 0 Å². The molecule has 1 aromatic rings. The smallest absolute Gasteiger partial charge is 0.126 e. The van der Waals surface area contributed by atoms with Gasteiger partial charge in [-0.15, -0.1) is 0 Å². The summed E-state index contributed by atoms with van der Waals surface area (Å²) in [6, 6.07) is 4.24. The monoisotopic (exact) mass is 207 g/mol. The second kappa shape index (κ2) is 6.40. The van der Waals surface area contributed by atoms with E-state index in [0.717, 1.165) is 37.6 Å². The average Bonchev–Trinajstić information content (AvgIpc) is 2.23. The zero-order valence-corrected chi connectivity index (χ0v) is 9.93. The molecule has 0 spiro atoms. The lowest BCUT2D eigenvalue weighted by Gasteiger charge is -2.08. The summed E-state index contributed by atoms with van der Waals surface area (Å²) in [4.78, 5) is 4.44. The van der Waals surface area contributed by atoms with Crippen LogP contribution in [0.1, 0.15) is 31.5 Å². The fraction of sp³-hybridized carbons (Fsp3) is 0.583. The molecule has 0 atom stereocenters. The Kier molecular flexibility index (Phi) is 5.12. The maximum Gasteiger partial charge on any atom is 0.126 e. The maximum absolute atomic E-state index is 4.44. The molecule has 1 aromatic heterocycles. The highest BCUT2D eigenvalue weighted by molar-refractivity contribution is 5.39. The minimum Gasteiger partial charge on any atom is -0.370 e. The summed E-state index contributed by atoms with van der Waals surface area (Å²) in [7, 11) is 0. The second-order valence-electron chi connectivity index (χ2n) is 3.71. The Morgan fingerprint density at radius 2 is 2.07 bits per heavy atom. The summed E-state index contributed by atoms with van der Waals surface area (Å²) in [6.07, 6.45) is 1.12. The van der Waals surface area contributed by atoms with Gasteiger partial charge in [0.2, 0.25) is 0 Å². The highest BCUT2D eigenvalue weighted by Gasteiger charge is 1.98. The molecule has 0 bridgehead atoms. The molecule has 0 aliphatic rings. The molecular weight excluding hydrogens is 186 g/mol. The molecule has 3 heteroatoms. The van der Waals surface area contributed by atoms with Gasteiger partial charge in [0, 0.05) is 18.8 Å². The van der Waals surface area contributed by atoms with Crippen LogP contribution in [0.3, 0.4) is 0 Å². The van der Waals surface area contributed by atoms with Crippen LogP contribution in [-0.2, 0) is 6.54 Å². The van der Waals surface area contributed by atoms with Gasteiger partial charge in [0.15, 0.2) is 0 Å². The molecule has 1 heterocycles. The summed E-state index contributed by atoms with van der Waals surface area (Å²) in [5.41, 5.74) is 2.37. The minimum atomic E-state index is 0.917. The number of hydrogen-bond acceptors (Lipinski definition) is 3. The van der Waals surface area contributed by atoms with Gasteiger partial charge in [-0.05, 0) is 37.6 Å². The largest absolute Gasteiger partial charge is 0.370 e. The van der Waals surface area contributed by atoms with Crippen molar-refractivity contribution >= 4 is 5.82 Å². The van der Waals surface area contributed by atoms with Crippen molar-refractivity contribution in [2.75, 3.05) is 18.4 Å². The Morgan fingerprint density at radius 1 is 1.27 bits per heavy atom. The number of nitrogens with zero attached hydrogens (tertiary/aromatic N) is 1. The van der Waals surface area contributed by atoms with Gasteiger partial charge in [-0.3, -0.25) is 0 Å². The third-order valence-electron chi connectivity index (χ3n) is 2.15. The quantitative estimate of drug-likeness (QED) is 0.751. The lowest BCUT2D eigenvalue weighted by molar-refractivity contribution is 0.725. The van der Waals surface area contributed by atoms with Crippen LogP contribution in [0.2, 0.25) is 0 Å². The van der Waals surface area contributed by atoms with Gasteiger partial charge < -0.3 is 10.6 Å². The van der Waals surface area contributed by atoms with Gasteiger partial charge in [0.25, 0.3) is 0 Å². The average molecular weight is 207 g/mol. The Balaban J connectivity index is 2.66. The predicted octanol–water partition coefficient (Wildman–Crippen LogP) is 2.32. The van der Waals surface area contributed by atoms with Crippen molar-refractivity contribution in [3.8, 4) is 0 Å². The van der Waals surface area contributed by atoms with Gasteiger partial charge in [0.1, 0.15) is 5.82 Å². The first-order valence-corrected chi connectivity index (χ1v) is 5.68. The van der Waals surface area contributed by atoms with Crippen molar-refractivity contribution in [1.29, 1.82) is 0 Å². The molecule has 0 radical (unpaired) electrons. The summed E-state index contributed by atoms with van der Waals surface area (Å²) in [6.45, 7) is 9.20. The van der Waals surface area contributed by atoms with E-state index in [1.807, 2.05) is 6.92 Å². The zero-order chi connectivity index (χ0) is 11.1. The third-order valence-corrected chi connectivity index (χ3v) is 2.15. The fourth-order valence-electron chi connectivity index (χ4n) is 1.46.